The molecule has 0 aromatic heterocycles. The summed E-state index contributed by atoms with van der Waals surface area (Å²) in [5.41, 5.74) is 3.48. The van der Waals surface area contributed by atoms with E-state index >= 15 is 0 Å². The van der Waals surface area contributed by atoms with Crippen molar-refractivity contribution >= 4 is 24.1 Å². The number of amides is 3. The average molecular weight is 552 g/mol. The number of aliphatic carboxylic acids is 1. The van der Waals surface area contributed by atoms with Gasteiger partial charge in [0.25, 0.3) is 0 Å². The molecule has 10 heteroatoms. The number of rotatable bonds is 7. The molecule has 40 heavy (non-hydrogen) atoms. The van der Waals surface area contributed by atoms with E-state index in [1.807, 2.05) is 48.5 Å². The van der Waals surface area contributed by atoms with Crippen LogP contribution in [0.25, 0.3) is 11.1 Å². The lowest BCUT2D eigenvalue weighted by molar-refractivity contribution is -0.153. The minimum absolute atomic E-state index is 0.0378. The van der Waals surface area contributed by atoms with Gasteiger partial charge in [-0.1, -0.05) is 48.5 Å². The van der Waals surface area contributed by atoms with Crippen molar-refractivity contribution in [2.75, 3.05) is 13.2 Å². The highest BCUT2D eigenvalue weighted by atomic mass is 16.6. The summed E-state index contributed by atoms with van der Waals surface area (Å²) in [6.45, 7) is 6.95. The summed E-state index contributed by atoms with van der Waals surface area (Å²) < 4.78 is 11.0. The molecular weight excluding hydrogens is 514 g/mol. The van der Waals surface area contributed by atoms with Gasteiger partial charge in [-0.05, 0) is 69.2 Å². The van der Waals surface area contributed by atoms with Crippen LogP contribution >= 0.6 is 0 Å². The molecule has 0 bridgehead atoms. The van der Waals surface area contributed by atoms with E-state index < -0.39 is 47.8 Å². The highest BCUT2D eigenvalue weighted by Crippen LogP contribution is 2.44. The zero-order chi connectivity index (χ0) is 29.0. The summed E-state index contributed by atoms with van der Waals surface area (Å²) in [7, 11) is 0. The van der Waals surface area contributed by atoms with Crippen LogP contribution in [-0.4, -0.2) is 70.9 Å². The van der Waals surface area contributed by atoms with Crippen LogP contribution in [-0.2, 0) is 19.1 Å². The summed E-state index contributed by atoms with van der Waals surface area (Å²) in [5.74, 6) is -1.90. The van der Waals surface area contributed by atoms with Crippen LogP contribution in [0.15, 0.2) is 48.5 Å². The lowest BCUT2D eigenvalue weighted by Gasteiger charge is -2.37. The molecule has 2 aromatic carbocycles. The van der Waals surface area contributed by atoms with Gasteiger partial charge in [0.2, 0.25) is 5.91 Å². The first-order chi connectivity index (χ1) is 19.0. The SMILES string of the molecule is C[C@H](NC(=O)OC(C)(C)C)[C@H](NC(=O)OCC1c2ccccc2-c2ccccc21)C(=O)N1CCCC[C@H]1C(=O)O. The Morgan fingerprint density at radius 1 is 0.950 bits per heavy atom. The van der Waals surface area contributed by atoms with Crippen molar-refractivity contribution < 1.29 is 33.8 Å². The van der Waals surface area contributed by atoms with Crippen LogP contribution in [0.3, 0.4) is 0 Å². The first kappa shape index (κ1) is 28.9. The minimum atomic E-state index is -1.27. The molecule has 2 aromatic rings. The van der Waals surface area contributed by atoms with Gasteiger partial charge in [0.05, 0.1) is 6.04 Å². The van der Waals surface area contributed by atoms with Crippen LogP contribution in [0.2, 0.25) is 0 Å². The van der Waals surface area contributed by atoms with Crippen molar-refractivity contribution in [2.24, 2.45) is 0 Å². The quantitative estimate of drug-likeness (QED) is 0.468. The van der Waals surface area contributed by atoms with Crippen molar-refractivity contribution in [2.45, 2.75) is 76.6 Å². The number of alkyl carbamates (subject to hydrolysis) is 2. The van der Waals surface area contributed by atoms with E-state index in [2.05, 4.69) is 10.6 Å². The zero-order valence-corrected chi connectivity index (χ0v) is 23.3. The van der Waals surface area contributed by atoms with Crippen molar-refractivity contribution in [3.8, 4) is 11.1 Å². The maximum atomic E-state index is 13.6. The minimum Gasteiger partial charge on any atom is -0.480 e. The molecule has 3 amide bonds. The molecule has 214 valence electrons. The number of piperidine rings is 1. The van der Waals surface area contributed by atoms with Crippen LogP contribution in [0.1, 0.15) is 64.0 Å². The summed E-state index contributed by atoms with van der Waals surface area (Å²) >= 11 is 0. The number of fused-ring (bicyclic) bond motifs is 3. The fourth-order valence-corrected chi connectivity index (χ4v) is 5.38. The van der Waals surface area contributed by atoms with Crippen LogP contribution < -0.4 is 10.6 Å². The third kappa shape index (κ3) is 6.55. The van der Waals surface area contributed by atoms with Gasteiger partial charge in [0.15, 0.2) is 0 Å². The van der Waals surface area contributed by atoms with E-state index in [0.29, 0.717) is 19.3 Å². The summed E-state index contributed by atoms with van der Waals surface area (Å²) in [4.78, 5) is 52.3. The lowest BCUT2D eigenvalue weighted by Crippen LogP contribution is -2.61. The van der Waals surface area contributed by atoms with E-state index in [-0.39, 0.29) is 19.1 Å². The standard InChI is InChI=1S/C30H37N3O7/c1-18(31-29(38)40-30(2,3)4)25(26(34)33-16-10-9-15-24(33)27(35)36)32-28(37)39-17-23-21-13-7-5-11-19(21)20-12-6-8-14-22(20)23/h5-8,11-14,18,23-25H,9-10,15-17H2,1-4H3,(H,31,38)(H,32,37)(H,35,36)/t18-,24-,25-/m0/s1. The Hall–Kier alpha value is -4.08. The van der Waals surface area contributed by atoms with Gasteiger partial charge in [-0.3, -0.25) is 4.79 Å². The maximum Gasteiger partial charge on any atom is 0.407 e. The van der Waals surface area contributed by atoms with Gasteiger partial charge in [-0.2, -0.15) is 0 Å². The van der Waals surface area contributed by atoms with Gasteiger partial charge in [0.1, 0.15) is 24.3 Å². The van der Waals surface area contributed by atoms with Crippen LogP contribution in [0.4, 0.5) is 9.59 Å². The molecule has 1 saturated heterocycles. The summed E-state index contributed by atoms with van der Waals surface area (Å²) in [6.07, 6.45) is 0.0208. The second-order valence-corrected chi connectivity index (χ2v) is 11.3. The fraction of sp³-hybridized carbons (Fsp3) is 0.467. The number of carboxylic acids is 1. The highest BCUT2D eigenvalue weighted by Gasteiger charge is 2.39. The number of benzene rings is 2. The normalized spacial score (nSPS) is 18.1. The zero-order valence-electron chi connectivity index (χ0n) is 23.3. The second-order valence-electron chi connectivity index (χ2n) is 11.3. The number of ether oxygens (including phenoxy) is 2. The molecule has 3 N–H and O–H groups in total. The number of nitrogens with zero attached hydrogens (tertiary/aromatic N) is 1. The Kier molecular flexibility index (Phi) is 8.66. The molecule has 0 saturated carbocycles. The molecule has 0 radical (unpaired) electrons. The van der Waals surface area contributed by atoms with E-state index in [1.54, 1.807) is 27.7 Å². The Morgan fingerprint density at radius 3 is 2.12 bits per heavy atom. The van der Waals surface area contributed by atoms with Gasteiger partial charge < -0.3 is 30.1 Å². The molecule has 4 rings (SSSR count). The molecule has 1 aliphatic heterocycles. The molecule has 1 aliphatic carbocycles. The highest BCUT2D eigenvalue weighted by molar-refractivity contribution is 5.90. The number of hydrogen-bond acceptors (Lipinski definition) is 6. The van der Waals surface area contributed by atoms with E-state index in [1.165, 1.54) is 4.90 Å². The number of carbonyl (C=O) groups excluding carboxylic acids is 3. The number of nitrogens with one attached hydrogen (secondary N) is 2. The Labute approximate surface area is 234 Å². The molecule has 10 nitrogen and oxygen atoms in total. The third-order valence-electron chi connectivity index (χ3n) is 7.20. The van der Waals surface area contributed by atoms with Crippen molar-refractivity contribution in [3.63, 3.8) is 0 Å². The predicted molar refractivity (Wildman–Crippen MR) is 148 cm³/mol. The fourth-order valence-electron chi connectivity index (χ4n) is 5.38. The van der Waals surface area contributed by atoms with Crippen LogP contribution in [0, 0.1) is 0 Å². The van der Waals surface area contributed by atoms with Gasteiger partial charge in [-0.25, -0.2) is 14.4 Å². The Balaban J connectivity index is 1.50. The number of carboxylic acid groups (broad SMARTS) is 1. The molecule has 1 fully saturated rings. The van der Waals surface area contributed by atoms with E-state index in [9.17, 15) is 24.3 Å². The van der Waals surface area contributed by atoms with Crippen molar-refractivity contribution in [3.05, 3.63) is 59.7 Å². The summed E-state index contributed by atoms with van der Waals surface area (Å²) in [5, 5.41) is 14.9. The molecule has 0 spiro atoms. The Bertz CT molecular complexity index is 1230. The van der Waals surface area contributed by atoms with Crippen molar-refractivity contribution in [1.82, 2.24) is 15.5 Å². The largest absolute Gasteiger partial charge is 0.480 e. The van der Waals surface area contributed by atoms with Crippen LogP contribution in [0.5, 0.6) is 0 Å². The van der Waals surface area contributed by atoms with Gasteiger partial charge in [-0.15, -0.1) is 0 Å². The predicted octanol–water partition coefficient (Wildman–Crippen LogP) is 4.27. The second kappa shape index (κ2) is 12.0. The summed E-state index contributed by atoms with van der Waals surface area (Å²) in [6, 6.07) is 12.7. The monoisotopic (exact) mass is 551 g/mol. The molecule has 1 heterocycles. The third-order valence-corrected chi connectivity index (χ3v) is 7.20. The lowest BCUT2D eigenvalue weighted by atomic mass is 9.98. The Morgan fingerprint density at radius 2 is 1.55 bits per heavy atom. The van der Waals surface area contributed by atoms with Gasteiger partial charge in [0, 0.05) is 12.5 Å². The first-order valence-electron chi connectivity index (χ1n) is 13.6. The molecule has 0 unspecified atom stereocenters. The van der Waals surface area contributed by atoms with Gasteiger partial charge >= 0.3 is 18.2 Å². The average Bonchev–Trinajstić information content (AvgIpc) is 3.22. The number of hydrogen-bond donors (Lipinski definition) is 3. The van der Waals surface area contributed by atoms with E-state index in [4.69, 9.17) is 9.47 Å². The molecule has 3 atom stereocenters. The number of likely N-dealkylation sites (tertiary alicyclic amines) is 1. The molecular formula is C30H37N3O7. The maximum absolute atomic E-state index is 13.6. The smallest absolute Gasteiger partial charge is 0.407 e. The molecule has 2 aliphatic rings. The first-order valence-corrected chi connectivity index (χ1v) is 13.6. The topological polar surface area (TPSA) is 134 Å². The van der Waals surface area contributed by atoms with E-state index in [0.717, 1.165) is 22.3 Å². The number of carbonyl (C=O) groups is 4. The van der Waals surface area contributed by atoms with Crippen molar-refractivity contribution in [1.29, 1.82) is 0 Å².